The van der Waals surface area contributed by atoms with Crippen molar-refractivity contribution >= 4 is 11.8 Å². The van der Waals surface area contributed by atoms with E-state index in [1.807, 2.05) is 23.2 Å². The summed E-state index contributed by atoms with van der Waals surface area (Å²) in [6.07, 6.45) is 2.29. The van der Waals surface area contributed by atoms with Crippen LogP contribution >= 0.6 is 0 Å². The number of aromatic nitrogens is 1. The van der Waals surface area contributed by atoms with E-state index in [0.717, 1.165) is 57.2 Å². The summed E-state index contributed by atoms with van der Waals surface area (Å²) in [5.74, 6) is 0.970. The maximum absolute atomic E-state index is 12.3. The molecule has 0 aromatic carbocycles. The van der Waals surface area contributed by atoms with Crippen LogP contribution < -0.4 is 10.2 Å². The number of urea groups is 1. The van der Waals surface area contributed by atoms with Gasteiger partial charge >= 0.3 is 6.03 Å². The number of likely N-dealkylation sites (N-methyl/N-ethyl adjacent to an activating group) is 1. The van der Waals surface area contributed by atoms with Crippen molar-refractivity contribution in [3.05, 3.63) is 23.9 Å². The van der Waals surface area contributed by atoms with Gasteiger partial charge in [-0.2, -0.15) is 0 Å². The van der Waals surface area contributed by atoms with E-state index >= 15 is 0 Å². The molecule has 2 atom stereocenters. The lowest BCUT2D eigenvalue weighted by molar-refractivity contribution is -0.00546. The molecule has 2 saturated heterocycles. The molecule has 7 heteroatoms. The molecule has 2 unspecified atom stereocenters. The van der Waals surface area contributed by atoms with Gasteiger partial charge in [-0.3, -0.25) is 0 Å². The van der Waals surface area contributed by atoms with Gasteiger partial charge in [-0.15, -0.1) is 0 Å². The summed E-state index contributed by atoms with van der Waals surface area (Å²) >= 11 is 0. The van der Waals surface area contributed by atoms with E-state index in [4.69, 9.17) is 4.74 Å². The van der Waals surface area contributed by atoms with Gasteiger partial charge in [-0.1, -0.05) is 13.0 Å². The van der Waals surface area contributed by atoms with Crippen LogP contribution in [0.1, 0.15) is 26.3 Å². The zero-order valence-corrected chi connectivity index (χ0v) is 16.1. The van der Waals surface area contributed by atoms with Crippen molar-refractivity contribution in [1.29, 1.82) is 0 Å². The number of carbonyl (C=O) groups is 1. The van der Waals surface area contributed by atoms with Crippen LogP contribution in [-0.2, 0) is 11.3 Å². The molecule has 1 N–H and O–H groups in total. The van der Waals surface area contributed by atoms with Gasteiger partial charge in [-0.25, -0.2) is 9.78 Å². The van der Waals surface area contributed by atoms with E-state index in [-0.39, 0.29) is 18.2 Å². The molecule has 0 radical (unpaired) electrons. The van der Waals surface area contributed by atoms with Gasteiger partial charge < -0.3 is 24.8 Å². The lowest BCUT2D eigenvalue weighted by Gasteiger charge is -2.36. The Balaban J connectivity index is 1.48. The fourth-order valence-electron chi connectivity index (χ4n) is 3.63. The third-order valence-corrected chi connectivity index (χ3v) is 5.10. The first-order valence-corrected chi connectivity index (χ1v) is 9.65. The van der Waals surface area contributed by atoms with Crippen molar-refractivity contribution in [3.63, 3.8) is 0 Å². The van der Waals surface area contributed by atoms with Gasteiger partial charge in [0.15, 0.2) is 0 Å². The first-order valence-electron chi connectivity index (χ1n) is 9.65. The van der Waals surface area contributed by atoms with Gasteiger partial charge in [0.1, 0.15) is 5.82 Å². The number of carbonyl (C=O) groups excluding carboxylic acids is 1. The zero-order chi connectivity index (χ0) is 18.5. The van der Waals surface area contributed by atoms with E-state index in [2.05, 4.69) is 40.9 Å². The quantitative estimate of drug-likeness (QED) is 0.882. The third kappa shape index (κ3) is 4.86. The number of hydrogen-bond donors (Lipinski definition) is 1. The molecule has 2 amide bonds. The van der Waals surface area contributed by atoms with Crippen molar-refractivity contribution in [2.75, 3.05) is 50.7 Å². The second kappa shape index (κ2) is 8.68. The molecular weight excluding hydrogens is 330 g/mol. The van der Waals surface area contributed by atoms with Crippen molar-refractivity contribution in [2.24, 2.45) is 0 Å². The molecule has 0 saturated carbocycles. The molecule has 1 aromatic rings. The van der Waals surface area contributed by atoms with Crippen molar-refractivity contribution in [2.45, 2.75) is 39.5 Å². The highest BCUT2D eigenvalue weighted by molar-refractivity contribution is 5.74. The molecular formula is C19H31N5O2. The van der Waals surface area contributed by atoms with Crippen LogP contribution in [0.25, 0.3) is 0 Å². The fraction of sp³-hybridized carbons (Fsp3) is 0.684. The van der Waals surface area contributed by atoms with E-state index in [1.54, 1.807) is 0 Å². The summed E-state index contributed by atoms with van der Waals surface area (Å²) < 4.78 is 5.77. The van der Waals surface area contributed by atoms with Crippen molar-refractivity contribution in [3.8, 4) is 0 Å². The van der Waals surface area contributed by atoms with Gasteiger partial charge in [0.25, 0.3) is 0 Å². The Hall–Kier alpha value is -1.86. The minimum absolute atomic E-state index is 0.0145. The second-order valence-electron chi connectivity index (χ2n) is 7.27. The minimum atomic E-state index is 0.0145. The number of hydrogen-bond acceptors (Lipinski definition) is 5. The number of amides is 2. The van der Waals surface area contributed by atoms with Gasteiger partial charge in [0, 0.05) is 52.0 Å². The molecule has 3 rings (SSSR count). The number of anilines is 1. The number of ether oxygens (including phenoxy) is 1. The standard InChI is InChI=1S/C19H31N5O2/c1-4-22-7-9-23(10-8-22)19(25)21-12-17-5-6-18(20-11-17)24-13-15(2)26-16(3)14-24/h5-6,11,15-16H,4,7-10,12-14H2,1-3H3,(H,21,25). The number of piperazine rings is 1. The molecule has 3 heterocycles. The number of pyridine rings is 1. The first-order chi connectivity index (χ1) is 12.5. The summed E-state index contributed by atoms with van der Waals surface area (Å²) in [5, 5.41) is 3.01. The van der Waals surface area contributed by atoms with E-state index in [0.29, 0.717) is 6.54 Å². The van der Waals surface area contributed by atoms with E-state index < -0.39 is 0 Å². The zero-order valence-electron chi connectivity index (χ0n) is 16.1. The molecule has 2 aliphatic heterocycles. The maximum atomic E-state index is 12.3. The van der Waals surface area contributed by atoms with Crippen LogP contribution in [0.4, 0.5) is 10.6 Å². The average molecular weight is 361 g/mol. The van der Waals surface area contributed by atoms with Gasteiger partial charge in [0.05, 0.1) is 12.2 Å². The Morgan fingerprint density at radius 2 is 1.88 bits per heavy atom. The Morgan fingerprint density at radius 1 is 1.19 bits per heavy atom. The molecule has 144 valence electrons. The van der Waals surface area contributed by atoms with Crippen LogP contribution in [0.15, 0.2) is 18.3 Å². The number of nitrogens with zero attached hydrogens (tertiary/aromatic N) is 4. The van der Waals surface area contributed by atoms with Crippen LogP contribution in [-0.4, -0.2) is 78.8 Å². The van der Waals surface area contributed by atoms with Crippen LogP contribution in [0.3, 0.4) is 0 Å². The third-order valence-electron chi connectivity index (χ3n) is 5.10. The predicted molar refractivity (Wildman–Crippen MR) is 102 cm³/mol. The highest BCUT2D eigenvalue weighted by Gasteiger charge is 2.23. The molecule has 0 spiro atoms. The highest BCUT2D eigenvalue weighted by Crippen LogP contribution is 2.18. The first kappa shape index (κ1) is 18.9. The normalized spacial score (nSPS) is 24.6. The Kier molecular flexibility index (Phi) is 6.32. The van der Waals surface area contributed by atoms with E-state index in [1.165, 1.54) is 0 Å². The summed E-state index contributed by atoms with van der Waals surface area (Å²) in [7, 11) is 0. The SMILES string of the molecule is CCN1CCN(C(=O)NCc2ccc(N3CC(C)OC(C)C3)nc2)CC1. The van der Waals surface area contributed by atoms with Crippen LogP contribution in [0.2, 0.25) is 0 Å². The van der Waals surface area contributed by atoms with Crippen molar-refractivity contribution in [1.82, 2.24) is 20.1 Å². The number of nitrogens with one attached hydrogen (secondary N) is 1. The molecule has 0 bridgehead atoms. The topological polar surface area (TPSA) is 60.9 Å². The van der Waals surface area contributed by atoms with Crippen molar-refractivity contribution < 1.29 is 9.53 Å². The highest BCUT2D eigenvalue weighted by atomic mass is 16.5. The van der Waals surface area contributed by atoms with Gasteiger partial charge in [0.2, 0.25) is 0 Å². The smallest absolute Gasteiger partial charge is 0.317 e. The lowest BCUT2D eigenvalue weighted by atomic mass is 10.2. The fourth-order valence-corrected chi connectivity index (χ4v) is 3.63. The Morgan fingerprint density at radius 3 is 2.46 bits per heavy atom. The summed E-state index contributed by atoms with van der Waals surface area (Å²) in [5.41, 5.74) is 1.02. The summed E-state index contributed by atoms with van der Waals surface area (Å²) in [6.45, 7) is 13.1. The molecule has 0 aliphatic carbocycles. The molecule has 7 nitrogen and oxygen atoms in total. The minimum Gasteiger partial charge on any atom is -0.372 e. The second-order valence-corrected chi connectivity index (χ2v) is 7.27. The van der Waals surface area contributed by atoms with E-state index in [9.17, 15) is 4.79 Å². The largest absolute Gasteiger partial charge is 0.372 e. The average Bonchev–Trinajstić information content (AvgIpc) is 2.66. The Labute approximate surface area is 156 Å². The van der Waals surface area contributed by atoms with Crippen LogP contribution in [0.5, 0.6) is 0 Å². The molecule has 1 aromatic heterocycles. The Bertz CT molecular complexity index is 576. The maximum Gasteiger partial charge on any atom is 0.317 e. The molecule has 2 aliphatic rings. The molecule has 26 heavy (non-hydrogen) atoms. The van der Waals surface area contributed by atoms with Crippen LogP contribution in [0, 0.1) is 0 Å². The summed E-state index contributed by atoms with van der Waals surface area (Å²) in [4.78, 5) is 23.4. The monoisotopic (exact) mass is 361 g/mol. The number of morpholine rings is 1. The summed E-state index contributed by atoms with van der Waals surface area (Å²) in [6, 6.07) is 4.09. The lowest BCUT2D eigenvalue weighted by Crippen LogP contribution is -2.51. The number of rotatable bonds is 4. The van der Waals surface area contributed by atoms with Gasteiger partial charge in [-0.05, 0) is 32.0 Å². The predicted octanol–water partition coefficient (Wildman–Crippen LogP) is 1.54. The molecule has 2 fully saturated rings.